The Labute approximate surface area is 84.2 Å². The highest BCUT2D eigenvalue weighted by molar-refractivity contribution is 8.14. The first-order valence-electron chi connectivity index (χ1n) is 4.87. The largest absolute Gasteiger partial charge is 0.299 e. The van der Waals surface area contributed by atoms with E-state index in [-0.39, 0.29) is 5.78 Å². The first-order valence-corrected chi connectivity index (χ1v) is 6.60. The van der Waals surface area contributed by atoms with Gasteiger partial charge in [-0.25, -0.2) is 0 Å². The smallest absolute Gasteiger partial charge is 0.143 e. The molecule has 13 heavy (non-hydrogen) atoms. The molecule has 2 nitrogen and oxygen atoms in total. The van der Waals surface area contributed by atoms with Crippen molar-refractivity contribution in [3.8, 4) is 0 Å². The summed E-state index contributed by atoms with van der Waals surface area (Å²) in [6.45, 7) is 8.41. The summed E-state index contributed by atoms with van der Waals surface area (Å²) in [4.78, 5) is 13.0. The third-order valence-electron chi connectivity index (χ3n) is 1.84. The Morgan fingerprint density at radius 2 is 1.85 bits per heavy atom. The van der Waals surface area contributed by atoms with Gasteiger partial charge < -0.3 is 0 Å². The van der Waals surface area contributed by atoms with E-state index in [2.05, 4.69) is 10.8 Å². The van der Waals surface area contributed by atoms with Crippen LogP contribution in [-0.4, -0.2) is 47.7 Å². The predicted molar refractivity (Wildman–Crippen MR) is 62.9 cm³/mol. The van der Waals surface area contributed by atoms with E-state index in [0.717, 1.165) is 13.1 Å². The molecule has 0 N–H and O–H groups in total. The van der Waals surface area contributed by atoms with Crippen molar-refractivity contribution in [2.24, 2.45) is 0 Å². The minimum absolute atomic E-state index is 0.274. The molecule has 0 aromatic heterocycles. The Balaban J connectivity index is 0.000000671. The van der Waals surface area contributed by atoms with Crippen LogP contribution in [0, 0.1) is 0 Å². The molecular formula is C10H21NOS. The maximum absolute atomic E-state index is 10.7. The standard InChI is InChI=1S/C8H15NOS.C2H6/c1-8(10)7-9-3-5-11(2)6-4-9;1-2/h2-7H2,1H3;1-2H3. The number of hydrogen-bond donors (Lipinski definition) is 0. The zero-order valence-electron chi connectivity index (χ0n) is 9.01. The second-order valence-corrected chi connectivity index (χ2v) is 5.04. The van der Waals surface area contributed by atoms with E-state index in [1.54, 1.807) is 6.92 Å². The average molecular weight is 203 g/mol. The lowest BCUT2D eigenvalue weighted by Crippen LogP contribution is -2.36. The Kier molecular flexibility index (Phi) is 7.19. The third kappa shape index (κ3) is 5.99. The Morgan fingerprint density at radius 1 is 1.38 bits per heavy atom. The molecule has 1 saturated heterocycles. The van der Waals surface area contributed by atoms with Crippen molar-refractivity contribution >= 4 is 22.1 Å². The van der Waals surface area contributed by atoms with E-state index >= 15 is 0 Å². The zero-order chi connectivity index (χ0) is 10.3. The van der Waals surface area contributed by atoms with Crippen molar-refractivity contribution in [1.29, 1.82) is 0 Å². The van der Waals surface area contributed by atoms with Crippen LogP contribution in [0.4, 0.5) is 0 Å². The second kappa shape index (κ2) is 7.27. The molecule has 0 amide bonds. The molecule has 0 radical (unpaired) electrons. The topological polar surface area (TPSA) is 20.3 Å². The average Bonchev–Trinajstić information content (AvgIpc) is 2.12. The van der Waals surface area contributed by atoms with Gasteiger partial charge in [-0.3, -0.25) is 9.69 Å². The number of rotatable bonds is 2. The lowest BCUT2D eigenvalue weighted by atomic mass is 10.4. The SMILES string of the molecule is C=S1CCN(CC(C)=O)CC1.CC. The Hall–Kier alpha value is -0.150. The number of carbonyl (C=O) groups is 1. The first kappa shape index (κ1) is 12.8. The fourth-order valence-corrected chi connectivity index (χ4v) is 2.44. The molecule has 0 spiro atoms. The van der Waals surface area contributed by atoms with Crippen molar-refractivity contribution in [1.82, 2.24) is 4.90 Å². The summed E-state index contributed by atoms with van der Waals surface area (Å²) in [5, 5.41) is 0. The monoisotopic (exact) mass is 203 g/mol. The molecule has 1 aliphatic heterocycles. The van der Waals surface area contributed by atoms with Crippen molar-refractivity contribution in [2.45, 2.75) is 20.8 Å². The quantitative estimate of drug-likeness (QED) is 0.636. The minimum atomic E-state index is 0.274. The number of ketones is 1. The van der Waals surface area contributed by atoms with Gasteiger partial charge in [0.25, 0.3) is 0 Å². The molecule has 1 aliphatic rings. The zero-order valence-corrected chi connectivity index (χ0v) is 9.82. The van der Waals surface area contributed by atoms with Gasteiger partial charge in [0, 0.05) is 24.6 Å². The summed E-state index contributed by atoms with van der Waals surface area (Å²) in [6.07, 6.45) is 0. The molecule has 0 unspecified atom stereocenters. The number of Topliss-reactive ketones (excluding diaryl/α,β-unsaturated/α-hetero) is 1. The molecule has 1 heterocycles. The summed E-state index contributed by atoms with van der Waals surface area (Å²) < 4.78 is 0. The molecule has 0 saturated carbocycles. The Morgan fingerprint density at radius 3 is 2.23 bits per heavy atom. The Bertz CT molecular complexity index is 170. The third-order valence-corrected chi connectivity index (χ3v) is 3.36. The van der Waals surface area contributed by atoms with Gasteiger partial charge >= 0.3 is 0 Å². The van der Waals surface area contributed by atoms with Gasteiger partial charge in [-0.1, -0.05) is 19.7 Å². The molecule has 0 bridgehead atoms. The van der Waals surface area contributed by atoms with Gasteiger partial charge in [-0.2, -0.15) is 10.5 Å². The fourth-order valence-electron chi connectivity index (χ4n) is 1.20. The van der Waals surface area contributed by atoms with Crippen molar-refractivity contribution < 1.29 is 4.79 Å². The lowest BCUT2D eigenvalue weighted by molar-refractivity contribution is -0.118. The van der Waals surface area contributed by atoms with E-state index in [1.165, 1.54) is 11.5 Å². The van der Waals surface area contributed by atoms with E-state index < -0.39 is 0 Å². The summed E-state index contributed by atoms with van der Waals surface area (Å²) in [5.41, 5.74) is 0. The number of hydrogen-bond acceptors (Lipinski definition) is 2. The van der Waals surface area contributed by atoms with Crippen molar-refractivity contribution in [2.75, 3.05) is 31.1 Å². The second-order valence-electron chi connectivity index (χ2n) is 3.00. The molecular weight excluding hydrogens is 182 g/mol. The summed E-state index contributed by atoms with van der Waals surface area (Å²) in [7, 11) is 0.371. The van der Waals surface area contributed by atoms with Gasteiger partial charge in [-0.05, 0) is 6.92 Å². The van der Waals surface area contributed by atoms with Gasteiger partial charge in [0.1, 0.15) is 5.78 Å². The summed E-state index contributed by atoms with van der Waals surface area (Å²) in [6, 6.07) is 0. The van der Waals surface area contributed by atoms with E-state index in [0.29, 0.717) is 17.0 Å². The summed E-state index contributed by atoms with van der Waals surface area (Å²) >= 11 is 0. The highest BCUT2D eigenvalue weighted by atomic mass is 32.2. The maximum atomic E-state index is 10.7. The van der Waals surface area contributed by atoms with Crippen LogP contribution in [0.15, 0.2) is 0 Å². The molecule has 1 fully saturated rings. The molecule has 0 aromatic carbocycles. The minimum Gasteiger partial charge on any atom is -0.299 e. The number of carbonyl (C=O) groups excluding carboxylic acids is 1. The molecule has 78 valence electrons. The maximum Gasteiger partial charge on any atom is 0.143 e. The van der Waals surface area contributed by atoms with Crippen LogP contribution in [0.1, 0.15) is 20.8 Å². The van der Waals surface area contributed by atoms with Crippen LogP contribution in [0.5, 0.6) is 0 Å². The van der Waals surface area contributed by atoms with Crippen LogP contribution in [0.25, 0.3) is 0 Å². The molecule has 0 atom stereocenters. The van der Waals surface area contributed by atoms with Gasteiger partial charge in [0.05, 0.1) is 6.54 Å². The van der Waals surface area contributed by atoms with Crippen LogP contribution in [0.2, 0.25) is 0 Å². The fraction of sp³-hybridized carbons (Fsp3) is 0.800. The van der Waals surface area contributed by atoms with Gasteiger partial charge in [-0.15, -0.1) is 0 Å². The van der Waals surface area contributed by atoms with E-state index in [4.69, 9.17) is 0 Å². The van der Waals surface area contributed by atoms with Crippen LogP contribution in [0.3, 0.4) is 0 Å². The number of nitrogens with zero attached hydrogens (tertiary/aromatic N) is 1. The normalized spacial score (nSPS) is 19.0. The van der Waals surface area contributed by atoms with Crippen molar-refractivity contribution in [3.63, 3.8) is 0 Å². The molecule has 0 aromatic rings. The highest BCUT2D eigenvalue weighted by Crippen LogP contribution is 2.14. The van der Waals surface area contributed by atoms with Gasteiger partial charge in [0.15, 0.2) is 0 Å². The molecule has 3 heteroatoms. The highest BCUT2D eigenvalue weighted by Gasteiger charge is 2.12. The van der Waals surface area contributed by atoms with Crippen LogP contribution < -0.4 is 0 Å². The lowest BCUT2D eigenvalue weighted by Gasteiger charge is -2.27. The first-order chi connectivity index (χ1) is 6.18. The predicted octanol–water partition coefficient (Wildman–Crippen LogP) is 1.62. The van der Waals surface area contributed by atoms with E-state index in [9.17, 15) is 4.79 Å². The summed E-state index contributed by atoms with van der Waals surface area (Å²) in [5.74, 6) is 6.65. The molecule has 0 aliphatic carbocycles. The van der Waals surface area contributed by atoms with Crippen LogP contribution in [-0.2, 0) is 4.79 Å². The van der Waals surface area contributed by atoms with Crippen LogP contribution >= 0.6 is 10.5 Å². The van der Waals surface area contributed by atoms with Crippen molar-refractivity contribution in [3.05, 3.63) is 0 Å². The molecule has 1 rings (SSSR count). The van der Waals surface area contributed by atoms with E-state index in [1.807, 2.05) is 13.8 Å². The van der Waals surface area contributed by atoms with Gasteiger partial charge in [0.2, 0.25) is 0 Å².